The summed E-state index contributed by atoms with van der Waals surface area (Å²) in [6, 6.07) is 8.45. The predicted molar refractivity (Wildman–Crippen MR) is 117 cm³/mol. The van der Waals surface area contributed by atoms with Gasteiger partial charge in [0.2, 0.25) is 11.8 Å². The van der Waals surface area contributed by atoms with Crippen molar-refractivity contribution in [2.75, 3.05) is 26.2 Å². The fourth-order valence-corrected chi connectivity index (χ4v) is 4.24. The van der Waals surface area contributed by atoms with Crippen molar-refractivity contribution < 1.29 is 9.59 Å². The summed E-state index contributed by atoms with van der Waals surface area (Å²) < 4.78 is 0. The Balaban J connectivity index is 1.41. The summed E-state index contributed by atoms with van der Waals surface area (Å²) in [6.07, 6.45) is 3.00. The van der Waals surface area contributed by atoms with E-state index in [2.05, 4.69) is 51.7 Å². The number of hydrogen-bond acceptors (Lipinski definition) is 5. The number of amides is 2. The lowest BCUT2D eigenvalue weighted by Gasteiger charge is -2.31. The monoisotopic (exact) mass is 414 g/mol. The van der Waals surface area contributed by atoms with Crippen LogP contribution in [0.2, 0.25) is 0 Å². The van der Waals surface area contributed by atoms with E-state index in [1.54, 1.807) is 11.3 Å². The molecule has 1 aromatic heterocycles. The average Bonchev–Trinajstić information content (AvgIpc) is 3.16. The number of piperidine rings is 1. The Kier molecular flexibility index (Phi) is 7.77. The van der Waals surface area contributed by atoms with Crippen molar-refractivity contribution in [1.29, 1.82) is 0 Å². The van der Waals surface area contributed by atoms with Gasteiger partial charge in [0.05, 0.1) is 18.7 Å². The van der Waals surface area contributed by atoms with Crippen molar-refractivity contribution in [3.8, 4) is 10.6 Å². The number of likely N-dealkylation sites (tertiary alicyclic amines) is 1. The van der Waals surface area contributed by atoms with E-state index in [1.165, 1.54) is 5.56 Å². The van der Waals surface area contributed by atoms with Crippen LogP contribution in [-0.2, 0) is 16.0 Å². The molecule has 2 aromatic rings. The minimum atomic E-state index is 0.0184. The molecule has 0 aliphatic carbocycles. The minimum Gasteiger partial charge on any atom is -0.355 e. The fraction of sp³-hybridized carbons (Fsp3) is 0.500. The molecule has 0 unspecified atom stereocenters. The molecule has 0 bridgehead atoms. The summed E-state index contributed by atoms with van der Waals surface area (Å²) in [4.78, 5) is 31.0. The Bertz CT molecular complexity index is 810. The molecular weight excluding hydrogens is 384 g/mol. The van der Waals surface area contributed by atoms with Gasteiger partial charge in [-0.25, -0.2) is 4.98 Å². The highest BCUT2D eigenvalue weighted by Gasteiger charge is 2.22. The minimum absolute atomic E-state index is 0.0184. The van der Waals surface area contributed by atoms with E-state index in [4.69, 9.17) is 0 Å². The van der Waals surface area contributed by atoms with Crippen LogP contribution in [0, 0.1) is 6.92 Å². The van der Waals surface area contributed by atoms with Crippen LogP contribution >= 0.6 is 11.3 Å². The first kappa shape index (κ1) is 21.5. The number of aryl methyl sites for hydroxylation is 1. The van der Waals surface area contributed by atoms with Gasteiger partial charge < -0.3 is 10.6 Å². The van der Waals surface area contributed by atoms with Gasteiger partial charge in [0.25, 0.3) is 0 Å². The third kappa shape index (κ3) is 6.65. The first-order valence-electron chi connectivity index (χ1n) is 10.3. The average molecular weight is 415 g/mol. The maximum Gasteiger partial charge on any atom is 0.234 e. The second kappa shape index (κ2) is 10.5. The molecule has 1 aliphatic heterocycles. The first-order chi connectivity index (χ1) is 14.0. The number of nitrogens with one attached hydrogen (secondary N) is 2. The molecule has 0 saturated carbocycles. The fourth-order valence-electron chi connectivity index (χ4n) is 3.42. The van der Waals surface area contributed by atoms with Gasteiger partial charge in [0.1, 0.15) is 5.01 Å². The molecule has 0 radical (unpaired) electrons. The zero-order valence-corrected chi connectivity index (χ0v) is 18.1. The van der Waals surface area contributed by atoms with Crippen LogP contribution in [0.25, 0.3) is 10.6 Å². The van der Waals surface area contributed by atoms with Gasteiger partial charge >= 0.3 is 0 Å². The number of carbonyl (C=O) groups excluding carboxylic acids is 2. The number of nitrogens with zero attached hydrogens (tertiary/aromatic N) is 2. The lowest BCUT2D eigenvalue weighted by molar-refractivity contribution is -0.124. The van der Waals surface area contributed by atoms with Crippen LogP contribution in [0.5, 0.6) is 0 Å². The maximum absolute atomic E-state index is 12.4. The van der Waals surface area contributed by atoms with Gasteiger partial charge in [-0.1, -0.05) is 36.8 Å². The Morgan fingerprint density at radius 1 is 1.17 bits per heavy atom. The Labute approximate surface area is 176 Å². The summed E-state index contributed by atoms with van der Waals surface area (Å²) >= 11 is 1.57. The highest BCUT2D eigenvalue weighted by Crippen LogP contribution is 2.24. The summed E-state index contributed by atoms with van der Waals surface area (Å²) in [6.45, 7) is 6.95. The molecule has 1 aliphatic rings. The van der Waals surface area contributed by atoms with Gasteiger partial charge in [0.15, 0.2) is 0 Å². The third-order valence-electron chi connectivity index (χ3n) is 5.08. The van der Waals surface area contributed by atoms with Gasteiger partial charge in [-0.2, -0.15) is 0 Å². The molecule has 1 aromatic carbocycles. The summed E-state index contributed by atoms with van der Waals surface area (Å²) in [7, 11) is 0. The molecule has 1 fully saturated rings. The second-order valence-corrected chi connectivity index (χ2v) is 8.51. The molecule has 0 spiro atoms. The van der Waals surface area contributed by atoms with Crippen molar-refractivity contribution in [2.45, 2.75) is 45.6 Å². The van der Waals surface area contributed by atoms with Crippen molar-refractivity contribution in [1.82, 2.24) is 20.5 Å². The molecule has 29 heavy (non-hydrogen) atoms. The predicted octanol–water partition coefficient (Wildman–Crippen LogP) is 2.77. The van der Waals surface area contributed by atoms with Crippen LogP contribution < -0.4 is 10.6 Å². The van der Waals surface area contributed by atoms with Crippen molar-refractivity contribution in [2.24, 2.45) is 0 Å². The smallest absolute Gasteiger partial charge is 0.234 e. The molecule has 2 N–H and O–H groups in total. The molecule has 156 valence electrons. The molecule has 1 saturated heterocycles. The number of thiazole rings is 1. The van der Waals surface area contributed by atoms with Crippen LogP contribution in [-0.4, -0.2) is 53.9 Å². The number of carbonyl (C=O) groups is 2. The van der Waals surface area contributed by atoms with Gasteiger partial charge in [-0.3, -0.25) is 14.5 Å². The second-order valence-electron chi connectivity index (χ2n) is 7.65. The van der Waals surface area contributed by atoms with Gasteiger partial charge in [-0.15, -0.1) is 11.3 Å². The summed E-state index contributed by atoms with van der Waals surface area (Å²) in [5.41, 5.74) is 3.12. The van der Waals surface area contributed by atoms with E-state index in [1.807, 2.05) is 12.3 Å². The number of hydrogen-bond donors (Lipinski definition) is 2. The molecule has 2 amide bonds. The third-order valence-corrected chi connectivity index (χ3v) is 6.02. The van der Waals surface area contributed by atoms with E-state index >= 15 is 0 Å². The molecule has 6 nitrogen and oxygen atoms in total. The van der Waals surface area contributed by atoms with Crippen LogP contribution in [0.3, 0.4) is 0 Å². The zero-order valence-electron chi connectivity index (χ0n) is 17.2. The number of aromatic nitrogens is 1. The molecular formula is C22H30N4O2S. The SMILES string of the molecule is CCCNC(=O)CN1CCC(NC(=O)Cc2csc(-c3ccc(C)cc3)n2)CC1. The lowest BCUT2D eigenvalue weighted by atomic mass is 10.0. The lowest BCUT2D eigenvalue weighted by Crippen LogP contribution is -2.47. The maximum atomic E-state index is 12.4. The van der Waals surface area contributed by atoms with Crippen LogP contribution in [0.1, 0.15) is 37.4 Å². The Morgan fingerprint density at radius 3 is 2.59 bits per heavy atom. The Hall–Kier alpha value is -2.25. The molecule has 3 rings (SSSR count). The standard InChI is InChI=1S/C22H30N4O2S/c1-3-10-23-21(28)14-26-11-8-18(9-12-26)24-20(27)13-19-15-29-22(25-19)17-6-4-16(2)5-7-17/h4-7,15,18H,3,8-14H2,1-2H3,(H,23,28)(H,24,27). The van der Waals surface area contributed by atoms with E-state index in [-0.39, 0.29) is 17.9 Å². The number of benzene rings is 1. The van der Waals surface area contributed by atoms with E-state index in [9.17, 15) is 9.59 Å². The van der Waals surface area contributed by atoms with Crippen molar-refractivity contribution >= 4 is 23.2 Å². The van der Waals surface area contributed by atoms with E-state index < -0.39 is 0 Å². The van der Waals surface area contributed by atoms with E-state index in [0.717, 1.165) is 55.2 Å². The molecule has 0 atom stereocenters. The molecule has 2 heterocycles. The van der Waals surface area contributed by atoms with Crippen LogP contribution in [0.4, 0.5) is 0 Å². The quantitative estimate of drug-likeness (QED) is 0.697. The van der Waals surface area contributed by atoms with Crippen molar-refractivity contribution in [3.63, 3.8) is 0 Å². The summed E-state index contributed by atoms with van der Waals surface area (Å²) in [5, 5.41) is 8.95. The van der Waals surface area contributed by atoms with Crippen molar-refractivity contribution in [3.05, 3.63) is 40.9 Å². The zero-order chi connectivity index (χ0) is 20.6. The topological polar surface area (TPSA) is 74.3 Å². The largest absolute Gasteiger partial charge is 0.355 e. The highest BCUT2D eigenvalue weighted by atomic mass is 32.1. The van der Waals surface area contributed by atoms with E-state index in [0.29, 0.717) is 13.0 Å². The van der Waals surface area contributed by atoms with Gasteiger partial charge in [-0.05, 0) is 26.2 Å². The molecule has 7 heteroatoms. The Morgan fingerprint density at radius 2 is 1.90 bits per heavy atom. The van der Waals surface area contributed by atoms with Crippen LogP contribution in [0.15, 0.2) is 29.6 Å². The first-order valence-corrected chi connectivity index (χ1v) is 11.2. The van der Waals surface area contributed by atoms with Gasteiger partial charge in [0, 0.05) is 36.6 Å². The normalized spacial score (nSPS) is 15.2. The summed E-state index contributed by atoms with van der Waals surface area (Å²) in [5.74, 6) is 0.104. The highest BCUT2D eigenvalue weighted by molar-refractivity contribution is 7.13. The number of rotatable bonds is 8.